The number of rotatable bonds is 2. The minimum atomic E-state index is -0.321. The number of ether oxygens (including phenoxy) is 1. The smallest absolute Gasteiger partial charge is 0.338 e. The molecule has 0 aliphatic heterocycles. The van der Waals surface area contributed by atoms with Crippen molar-refractivity contribution in [3.05, 3.63) is 33.8 Å². The van der Waals surface area contributed by atoms with E-state index in [4.69, 9.17) is 27.9 Å². The predicted molar refractivity (Wildman–Crippen MR) is 59.5 cm³/mol. The number of halogens is 2. The number of carbonyl (C=O) groups excluding carboxylic acids is 1. The molecular weight excluding hydrogens is 235 g/mol. The summed E-state index contributed by atoms with van der Waals surface area (Å²) in [7, 11) is 0. The van der Waals surface area contributed by atoms with Gasteiger partial charge in [0.2, 0.25) is 0 Å². The Morgan fingerprint density at radius 3 is 2.53 bits per heavy atom. The van der Waals surface area contributed by atoms with Gasteiger partial charge in [-0.3, -0.25) is 0 Å². The van der Waals surface area contributed by atoms with E-state index in [-0.39, 0.29) is 12.1 Å². The van der Waals surface area contributed by atoms with E-state index in [2.05, 4.69) is 0 Å². The van der Waals surface area contributed by atoms with Crippen molar-refractivity contribution in [1.29, 1.82) is 0 Å². The van der Waals surface area contributed by atoms with Crippen LogP contribution in [-0.2, 0) is 4.74 Å². The molecule has 0 N–H and O–H groups in total. The lowest BCUT2D eigenvalue weighted by Crippen LogP contribution is -2.25. The summed E-state index contributed by atoms with van der Waals surface area (Å²) in [5.41, 5.74) is 0.455. The van der Waals surface area contributed by atoms with Gasteiger partial charge >= 0.3 is 5.97 Å². The third-order valence-electron chi connectivity index (χ3n) is 2.48. The Hall–Kier alpha value is -0.730. The Morgan fingerprint density at radius 2 is 2.00 bits per heavy atom. The second-order valence-electron chi connectivity index (χ2n) is 3.59. The summed E-state index contributed by atoms with van der Waals surface area (Å²) in [5, 5.41) is 0.816. The molecule has 0 atom stereocenters. The van der Waals surface area contributed by atoms with Crippen molar-refractivity contribution in [2.24, 2.45) is 0 Å². The zero-order valence-electron chi connectivity index (χ0n) is 8.00. The zero-order chi connectivity index (χ0) is 10.8. The first-order valence-corrected chi connectivity index (χ1v) is 5.58. The Bertz CT molecular complexity index is 386. The predicted octanol–water partition coefficient (Wildman–Crippen LogP) is 3.70. The normalized spacial score (nSPS) is 15.9. The monoisotopic (exact) mass is 244 g/mol. The Morgan fingerprint density at radius 1 is 1.27 bits per heavy atom. The molecule has 4 heteroatoms. The standard InChI is InChI=1S/C11H10Cl2O2/c12-9-5-4-7(6-10(9)13)11(14)15-8-2-1-3-8/h4-6,8H,1-3H2. The van der Waals surface area contributed by atoms with Crippen LogP contribution in [0, 0.1) is 0 Å². The Balaban J connectivity index is 2.07. The van der Waals surface area contributed by atoms with Gasteiger partial charge in [0.1, 0.15) is 6.10 Å². The number of hydrogen-bond acceptors (Lipinski definition) is 2. The van der Waals surface area contributed by atoms with E-state index in [1.54, 1.807) is 12.1 Å². The molecule has 0 unspecified atom stereocenters. The first-order chi connectivity index (χ1) is 7.16. The van der Waals surface area contributed by atoms with Crippen LogP contribution in [0.25, 0.3) is 0 Å². The van der Waals surface area contributed by atoms with Crippen LogP contribution in [0.5, 0.6) is 0 Å². The molecule has 2 rings (SSSR count). The van der Waals surface area contributed by atoms with Crippen LogP contribution in [0.3, 0.4) is 0 Å². The Kier molecular flexibility index (Phi) is 3.17. The largest absolute Gasteiger partial charge is 0.459 e. The lowest BCUT2D eigenvalue weighted by molar-refractivity contribution is 0.00901. The van der Waals surface area contributed by atoms with Gasteiger partial charge in [0.25, 0.3) is 0 Å². The second kappa shape index (κ2) is 4.42. The van der Waals surface area contributed by atoms with E-state index in [9.17, 15) is 4.79 Å². The van der Waals surface area contributed by atoms with Gasteiger partial charge in [-0.2, -0.15) is 0 Å². The maximum atomic E-state index is 11.6. The molecule has 1 aromatic rings. The van der Waals surface area contributed by atoms with Crippen molar-refractivity contribution in [3.63, 3.8) is 0 Å². The van der Waals surface area contributed by atoms with E-state index >= 15 is 0 Å². The summed E-state index contributed by atoms with van der Waals surface area (Å²) in [6.45, 7) is 0. The van der Waals surface area contributed by atoms with Crippen LogP contribution in [0.1, 0.15) is 29.6 Å². The minimum absolute atomic E-state index is 0.0898. The van der Waals surface area contributed by atoms with Gasteiger partial charge in [0.05, 0.1) is 15.6 Å². The molecule has 1 aliphatic rings. The van der Waals surface area contributed by atoms with Gasteiger partial charge in [0.15, 0.2) is 0 Å². The highest BCUT2D eigenvalue weighted by Crippen LogP contribution is 2.26. The van der Waals surface area contributed by atoms with E-state index in [0.717, 1.165) is 19.3 Å². The van der Waals surface area contributed by atoms with E-state index in [1.807, 2.05) is 0 Å². The summed E-state index contributed by atoms with van der Waals surface area (Å²) in [6.07, 6.45) is 3.16. The fraction of sp³-hybridized carbons (Fsp3) is 0.364. The molecule has 0 saturated heterocycles. The number of hydrogen-bond donors (Lipinski definition) is 0. The van der Waals surface area contributed by atoms with Gasteiger partial charge in [-0.05, 0) is 37.5 Å². The molecule has 0 amide bonds. The van der Waals surface area contributed by atoms with Crippen LogP contribution in [-0.4, -0.2) is 12.1 Å². The highest BCUT2D eigenvalue weighted by molar-refractivity contribution is 6.42. The molecule has 1 aliphatic carbocycles. The van der Waals surface area contributed by atoms with E-state index in [0.29, 0.717) is 15.6 Å². The van der Waals surface area contributed by atoms with Crippen molar-refractivity contribution in [2.75, 3.05) is 0 Å². The fourth-order valence-corrected chi connectivity index (χ4v) is 1.63. The number of esters is 1. The number of benzene rings is 1. The quantitative estimate of drug-likeness (QED) is 0.742. The highest BCUT2D eigenvalue weighted by atomic mass is 35.5. The fourth-order valence-electron chi connectivity index (χ4n) is 1.33. The van der Waals surface area contributed by atoms with Crippen LogP contribution in [0.4, 0.5) is 0 Å². The Labute approximate surface area is 98.1 Å². The number of carbonyl (C=O) groups is 1. The van der Waals surface area contributed by atoms with E-state index < -0.39 is 0 Å². The summed E-state index contributed by atoms with van der Waals surface area (Å²) in [5.74, 6) is -0.321. The van der Waals surface area contributed by atoms with Gasteiger partial charge < -0.3 is 4.74 Å². The van der Waals surface area contributed by atoms with Crippen LogP contribution >= 0.6 is 23.2 Å². The van der Waals surface area contributed by atoms with Crippen molar-refractivity contribution in [1.82, 2.24) is 0 Å². The molecule has 1 aromatic carbocycles. The lowest BCUT2D eigenvalue weighted by Gasteiger charge is -2.25. The molecular formula is C11H10Cl2O2. The van der Waals surface area contributed by atoms with Crippen LogP contribution in [0.15, 0.2) is 18.2 Å². The zero-order valence-corrected chi connectivity index (χ0v) is 9.52. The topological polar surface area (TPSA) is 26.3 Å². The highest BCUT2D eigenvalue weighted by Gasteiger charge is 2.22. The maximum Gasteiger partial charge on any atom is 0.338 e. The van der Waals surface area contributed by atoms with Crippen molar-refractivity contribution in [2.45, 2.75) is 25.4 Å². The maximum absolute atomic E-state index is 11.6. The van der Waals surface area contributed by atoms with Gasteiger partial charge in [-0.15, -0.1) is 0 Å². The first-order valence-electron chi connectivity index (χ1n) is 4.83. The van der Waals surface area contributed by atoms with Crippen molar-refractivity contribution in [3.8, 4) is 0 Å². The first kappa shape index (κ1) is 10.8. The molecule has 0 spiro atoms. The molecule has 15 heavy (non-hydrogen) atoms. The summed E-state index contributed by atoms with van der Waals surface area (Å²) >= 11 is 11.5. The van der Waals surface area contributed by atoms with E-state index in [1.165, 1.54) is 6.07 Å². The van der Waals surface area contributed by atoms with Crippen molar-refractivity contribution < 1.29 is 9.53 Å². The average Bonchev–Trinajstić information content (AvgIpc) is 2.15. The molecule has 1 saturated carbocycles. The van der Waals surface area contributed by atoms with Crippen molar-refractivity contribution >= 4 is 29.2 Å². The molecule has 1 fully saturated rings. The summed E-state index contributed by atoms with van der Waals surface area (Å²) < 4.78 is 5.23. The molecule has 2 nitrogen and oxygen atoms in total. The third kappa shape index (κ3) is 2.44. The van der Waals surface area contributed by atoms with Gasteiger partial charge in [0, 0.05) is 0 Å². The second-order valence-corrected chi connectivity index (χ2v) is 4.40. The summed E-state index contributed by atoms with van der Waals surface area (Å²) in [4.78, 5) is 11.6. The van der Waals surface area contributed by atoms with Crippen LogP contribution < -0.4 is 0 Å². The van der Waals surface area contributed by atoms with Gasteiger partial charge in [-0.1, -0.05) is 23.2 Å². The SMILES string of the molecule is O=C(OC1CCC1)c1ccc(Cl)c(Cl)c1. The third-order valence-corrected chi connectivity index (χ3v) is 3.22. The van der Waals surface area contributed by atoms with Gasteiger partial charge in [-0.25, -0.2) is 4.79 Å². The minimum Gasteiger partial charge on any atom is -0.459 e. The molecule has 0 radical (unpaired) electrons. The average molecular weight is 245 g/mol. The molecule has 0 bridgehead atoms. The molecule has 0 aromatic heterocycles. The lowest BCUT2D eigenvalue weighted by atomic mass is 9.96. The summed E-state index contributed by atoms with van der Waals surface area (Å²) in [6, 6.07) is 4.75. The molecule has 0 heterocycles. The molecule has 80 valence electrons. The van der Waals surface area contributed by atoms with Crippen LogP contribution in [0.2, 0.25) is 10.0 Å².